The van der Waals surface area contributed by atoms with E-state index >= 15 is 0 Å². The first-order valence-electron chi connectivity index (χ1n) is 7.82. The Bertz CT molecular complexity index is 752. The highest BCUT2D eigenvalue weighted by molar-refractivity contribution is 7.98. The van der Waals surface area contributed by atoms with Gasteiger partial charge >= 0.3 is 5.97 Å². The molecular weight excluding hydrogens is 338 g/mol. The van der Waals surface area contributed by atoms with Gasteiger partial charge in [0.05, 0.1) is 18.5 Å². The van der Waals surface area contributed by atoms with Crippen molar-refractivity contribution in [3.8, 4) is 11.4 Å². The Kier molecular flexibility index (Phi) is 6.94. The van der Waals surface area contributed by atoms with E-state index in [2.05, 4.69) is 15.3 Å². The number of aryl methyl sites for hydroxylation is 1. The van der Waals surface area contributed by atoms with Crippen molar-refractivity contribution >= 4 is 23.6 Å². The second kappa shape index (κ2) is 9.17. The third kappa shape index (κ3) is 5.29. The van der Waals surface area contributed by atoms with Crippen molar-refractivity contribution in [2.75, 3.05) is 19.1 Å². The van der Waals surface area contributed by atoms with E-state index in [0.29, 0.717) is 23.4 Å². The molecule has 0 aliphatic rings. The van der Waals surface area contributed by atoms with Crippen LogP contribution in [0.3, 0.4) is 0 Å². The van der Waals surface area contributed by atoms with Crippen molar-refractivity contribution in [3.05, 3.63) is 47.8 Å². The van der Waals surface area contributed by atoms with Gasteiger partial charge in [0.25, 0.3) is 5.91 Å². The van der Waals surface area contributed by atoms with Crippen molar-refractivity contribution in [2.45, 2.75) is 19.4 Å². The van der Waals surface area contributed by atoms with Crippen molar-refractivity contribution in [1.29, 1.82) is 0 Å². The van der Waals surface area contributed by atoms with Gasteiger partial charge in [0.15, 0.2) is 0 Å². The van der Waals surface area contributed by atoms with Crippen LogP contribution in [0.15, 0.2) is 36.7 Å². The number of nitrogens with one attached hydrogen (secondary N) is 1. The maximum atomic E-state index is 12.5. The molecule has 1 amide bonds. The number of aromatic nitrogens is 2. The molecule has 2 aromatic heterocycles. The molecule has 0 aliphatic carbocycles. The Labute approximate surface area is 151 Å². The largest absolute Gasteiger partial charge is 0.467 e. The Morgan fingerprint density at radius 1 is 1.20 bits per heavy atom. The first kappa shape index (κ1) is 18.9. The lowest BCUT2D eigenvalue weighted by Crippen LogP contribution is -2.42. The van der Waals surface area contributed by atoms with Gasteiger partial charge in [-0.05, 0) is 55.2 Å². The fourth-order valence-corrected chi connectivity index (χ4v) is 2.73. The molecule has 0 aromatic carbocycles. The zero-order valence-corrected chi connectivity index (χ0v) is 15.3. The third-order valence-corrected chi connectivity index (χ3v) is 4.25. The number of ether oxygens (including phenoxy) is 1. The molecule has 0 radical (unpaired) electrons. The van der Waals surface area contributed by atoms with Crippen LogP contribution in [0.25, 0.3) is 11.4 Å². The first-order chi connectivity index (χ1) is 12.0. The van der Waals surface area contributed by atoms with Gasteiger partial charge in [0, 0.05) is 18.0 Å². The van der Waals surface area contributed by atoms with E-state index in [1.54, 1.807) is 36.3 Å². The summed E-state index contributed by atoms with van der Waals surface area (Å²) in [6.07, 6.45) is 5.72. The molecule has 6 nitrogen and oxygen atoms in total. The molecule has 2 heterocycles. The van der Waals surface area contributed by atoms with Crippen LogP contribution in [0.5, 0.6) is 0 Å². The molecule has 132 valence electrons. The van der Waals surface area contributed by atoms with Gasteiger partial charge in [-0.3, -0.25) is 14.8 Å². The number of hydrogen-bond donors (Lipinski definition) is 1. The molecule has 0 saturated heterocycles. The Morgan fingerprint density at radius 3 is 2.52 bits per heavy atom. The fraction of sp³-hybridized carbons (Fsp3) is 0.333. The number of amides is 1. The second-order valence-corrected chi connectivity index (χ2v) is 6.46. The fourth-order valence-electron chi connectivity index (χ4n) is 2.26. The second-order valence-electron chi connectivity index (χ2n) is 5.48. The zero-order valence-electron chi connectivity index (χ0n) is 14.5. The molecule has 0 saturated carbocycles. The van der Waals surface area contributed by atoms with Crippen LogP contribution in [0, 0.1) is 6.92 Å². The molecule has 25 heavy (non-hydrogen) atoms. The van der Waals surface area contributed by atoms with Gasteiger partial charge in [0.2, 0.25) is 0 Å². The van der Waals surface area contributed by atoms with Gasteiger partial charge in [-0.2, -0.15) is 11.8 Å². The monoisotopic (exact) mass is 359 g/mol. The summed E-state index contributed by atoms with van der Waals surface area (Å²) in [6.45, 7) is 1.97. The number of nitrogens with zero attached hydrogens (tertiary/aromatic N) is 2. The number of carbonyl (C=O) groups is 2. The summed E-state index contributed by atoms with van der Waals surface area (Å²) in [5.41, 5.74) is 2.78. The molecule has 0 fully saturated rings. The van der Waals surface area contributed by atoms with Crippen LogP contribution in [0.1, 0.15) is 22.3 Å². The lowest BCUT2D eigenvalue weighted by molar-refractivity contribution is -0.142. The minimum absolute atomic E-state index is 0.340. The predicted molar refractivity (Wildman–Crippen MR) is 98.5 cm³/mol. The van der Waals surface area contributed by atoms with Crippen LogP contribution in [0.4, 0.5) is 0 Å². The molecule has 1 N–H and O–H groups in total. The van der Waals surface area contributed by atoms with E-state index in [4.69, 9.17) is 4.74 Å². The predicted octanol–water partition coefficient (Wildman–Crippen LogP) is 2.48. The molecule has 0 spiro atoms. The van der Waals surface area contributed by atoms with Crippen LogP contribution in [0.2, 0.25) is 0 Å². The van der Waals surface area contributed by atoms with E-state index in [1.165, 1.54) is 7.11 Å². The molecular formula is C18H21N3O3S. The third-order valence-electron chi connectivity index (χ3n) is 3.60. The van der Waals surface area contributed by atoms with E-state index in [9.17, 15) is 9.59 Å². The lowest BCUT2D eigenvalue weighted by Gasteiger charge is -2.16. The Morgan fingerprint density at radius 2 is 1.88 bits per heavy atom. The zero-order chi connectivity index (χ0) is 18.2. The molecule has 0 bridgehead atoms. The molecule has 0 aliphatic heterocycles. The first-order valence-corrected chi connectivity index (χ1v) is 9.21. The summed E-state index contributed by atoms with van der Waals surface area (Å²) in [7, 11) is 1.31. The lowest BCUT2D eigenvalue weighted by atomic mass is 10.1. The van der Waals surface area contributed by atoms with Gasteiger partial charge in [0.1, 0.15) is 6.04 Å². The smallest absolute Gasteiger partial charge is 0.328 e. The normalized spacial score (nSPS) is 11.6. The number of carbonyl (C=O) groups excluding carboxylic acids is 2. The number of pyridine rings is 2. The molecule has 2 aromatic rings. The average molecular weight is 359 g/mol. The SMILES string of the molecule is COC(=O)C(CCSC)NC(=O)c1ccnc(-c2cc(C)ccn2)c1. The summed E-state index contributed by atoms with van der Waals surface area (Å²) in [5, 5.41) is 2.73. The van der Waals surface area contributed by atoms with Gasteiger partial charge in [-0.15, -0.1) is 0 Å². The Hall–Kier alpha value is -2.41. The maximum absolute atomic E-state index is 12.5. The minimum Gasteiger partial charge on any atom is -0.467 e. The molecule has 2 rings (SSSR count). The highest BCUT2D eigenvalue weighted by atomic mass is 32.2. The van der Waals surface area contributed by atoms with Crippen LogP contribution < -0.4 is 5.32 Å². The summed E-state index contributed by atoms with van der Waals surface area (Å²) < 4.78 is 4.77. The van der Waals surface area contributed by atoms with Gasteiger partial charge in [-0.1, -0.05) is 0 Å². The Balaban J connectivity index is 2.18. The minimum atomic E-state index is -0.668. The maximum Gasteiger partial charge on any atom is 0.328 e. The number of hydrogen-bond acceptors (Lipinski definition) is 6. The van der Waals surface area contributed by atoms with E-state index in [1.807, 2.05) is 25.3 Å². The van der Waals surface area contributed by atoms with Gasteiger partial charge < -0.3 is 10.1 Å². The average Bonchev–Trinajstić information content (AvgIpc) is 2.64. The standard InChI is InChI=1S/C18H21N3O3S/c1-12-4-7-19-15(10-12)16-11-13(5-8-20-16)17(22)21-14(6-9-25-3)18(23)24-2/h4-5,7-8,10-11,14H,6,9H2,1-3H3,(H,21,22). The number of rotatable bonds is 7. The van der Waals surface area contributed by atoms with Crippen LogP contribution >= 0.6 is 11.8 Å². The van der Waals surface area contributed by atoms with E-state index in [-0.39, 0.29) is 5.91 Å². The summed E-state index contributed by atoms with van der Waals surface area (Å²) in [6, 6.07) is 6.41. The topological polar surface area (TPSA) is 81.2 Å². The quantitative estimate of drug-likeness (QED) is 0.765. The summed E-state index contributed by atoms with van der Waals surface area (Å²) in [5.74, 6) is -0.0423. The van der Waals surface area contributed by atoms with Gasteiger partial charge in [-0.25, -0.2) is 4.79 Å². The van der Waals surface area contributed by atoms with Crippen LogP contribution in [-0.4, -0.2) is 47.0 Å². The highest BCUT2D eigenvalue weighted by Crippen LogP contribution is 2.16. The number of methoxy groups -OCH3 is 1. The van der Waals surface area contributed by atoms with Crippen molar-refractivity contribution in [2.24, 2.45) is 0 Å². The van der Waals surface area contributed by atoms with Crippen LogP contribution in [-0.2, 0) is 9.53 Å². The summed E-state index contributed by atoms with van der Waals surface area (Å²) >= 11 is 1.60. The van der Waals surface area contributed by atoms with Crippen molar-refractivity contribution in [3.63, 3.8) is 0 Å². The molecule has 1 unspecified atom stereocenters. The van der Waals surface area contributed by atoms with E-state index < -0.39 is 12.0 Å². The van der Waals surface area contributed by atoms with Crippen molar-refractivity contribution < 1.29 is 14.3 Å². The van der Waals surface area contributed by atoms with E-state index in [0.717, 1.165) is 11.3 Å². The highest BCUT2D eigenvalue weighted by Gasteiger charge is 2.22. The molecule has 1 atom stereocenters. The number of thioether (sulfide) groups is 1. The summed E-state index contributed by atoms with van der Waals surface area (Å²) in [4.78, 5) is 32.9. The number of esters is 1. The van der Waals surface area contributed by atoms with Crippen molar-refractivity contribution in [1.82, 2.24) is 15.3 Å². The molecule has 7 heteroatoms.